The van der Waals surface area contributed by atoms with Crippen molar-refractivity contribution >= 4 is 23.6 Å². The average molecular weight is 559 g/mol. The zero-order chi connectivity index (χ0) is 29.8. The second kappa shape index (κ2) is 12.8. The van der Waals surface area contributed by atoms with Gasteiger partial charge in [-0.1, -0.05) is 13.8 Å². The SMILES string of the molecule is CCCNCCN1C(=O)C(C)(C)Oc2cc(CC)c(C(=O)N(C(C)C)[C@@H]3CCCN(C(=O)OC(C)(C)C)C3)cc21. The Morgan fingerprint density at radius 3 is 2.50 bits per heavy atom. The van der Waals surface area contributed by atoms with E-state index in [0.29, 0.717) is 49.6 Å². The second-order valence-electron chi connectivity index (χ2n) is 12.7. The number of hydrogen-bond donors (Lipinski definition) is 1. The predicted molar refractivity (Wildman–Crippen MR) is 158 cm³/mol. The minimum absolute atomic E-state index is 0.0806. The highest BCUT2D eigenvalue weighted by molar-refractivity contribution is 6.05. The standard InChI is InChI=1S/C31H50N4O5/c1-10-14-32-15-17-34-25-19-24(22(11-2)18-26(25)39-31(8,9)28(34)37)27(36)35(21(3)4)23-13-12-16-33(20-23)29(38)40-30(5,6)7/h18-19,21,23,32H,10-17,20H2,1-9H3/t23-/m1/s1. The number of piperidine rings is 1. The Labute approximate surface area is 240 Å². The van der Waals surface area contributed by atoms with Gasteiger partial charge < -0.3 is 29.5 Å². The van der Waals surface area contributed by atoms with E-state index in [4.69, 9.17) is 9.47 Å². The normalized spacial score (nSPS) is 18.9. The summed E-state index contributed by atoms with van der Waals surface area (Å²) in [6.45, 7) is 20.3. The van der Waals surface area contributed by atoms with Crippen molar-refractivity contribution in [1.82, 2.24) is 15.1 Å². The molecule has 3 rings (SSSR count). The quantitative estimate of drug-likeness (QED) is 0.429. The highest BCUT2D eigenvalue weighted by atomic mass is 16.6. The maximum absolute atomic E-state index is 14.3. The number of nitrogens with one attached hydrogen (secondary N) is 1. The van der Waals surface area contributed by atoms with Crippen molar-refractivity contribution in [2.24, 2.45) is 0 Å². The van der Waals surface area contributed by atoms with Gasteiger partial charge in [-0.15, -0.1) is 0 Å². The van der Waals surface area contributed by atoms with Gasteiger partial charge in [0.25, 0.3) is 11.8 Å². The molecule has 3 amide bonds. The molecule has 1 fully saturated rings. The van der Waals surface area contributed by atoms with E-state index in [2.05, 4.69) is 12.2 Å². The Hall–Kier alpha value is -2.81. The molecule has 0 spiro atoms. The van der Waals surface area contributed by atoms with Crippen LogP contribution in [0.1, 0.15) is 97.5 Å². The first kappa shape index (κ1) is 31.7. The third kappa shape index (κ3) is 7.28. The number of fused-ring (bicyclic) bond motifs is 1. The minimum atomic E-state index is -0.995. The molecule has 1 aromatic carbocycles. The molecule has 9 heteroatoms. The summed E-state index contributed by atoms with van der Waals surface area (Å²) in [7, 11) is 0. The van der Waals surface area contributed by atoms with Crippen LogP contribution in [0.5, 0.6) is 5.75 Å². The van der Waals surface area contributed by atoms with Crippen molar-refractivity contribution in [2.75, 3.05) is 37.6 Å². The molecular formula is C31H50N4O5. The van der Waals surface area contributed by atoms with Gasteiger partial charge in [-0.05, 0) is 98.4 Å². The maximum Gasteiger partial charge on any atom is 0.410 e. The number of carbonyl (C=O) groups excluding carboxylic acids is 3. The van der Waals surface area contributed by atoms with E-state index in [1.165, 1.54) is 0 Å². The van der Waals surface area contributed by atoms with E-state index in [1.54, 1.807) is 23.6 Å². The summed E-state index contributed by atoms with van der Waals surface area (Å²) in [5.74, 6) is 0.410. The van der Waals surface area contributed by atoms with Gasteiger partial charge >= 0.3 is 6.09 Å². The molecule has 0 saturated carbocycles. The van der Waals surface area contributed by atoms with Crippen LogP contribution in [-0.4, -0.2) is 83.7 Å². The van der Waals surface area contributed by atoms with E-state index in [9.17, 15) is 14.4 Å². The number of likely N-dealkylation sites (tertiary alicyclic amines) is 1. The number of hydrogen-bond acceptors (Lipinski definition) is 6. The van der Waals surface area contributed by atoms with Gasteiger partial charge in [0.1, 0.15) is 11.4 Å². The van der Waals surface area contributed by atoms with Crippen LogP contribution in [0, 0.1) is 0 Å². The number of benzene rings is 1. The molecule has 2 heterocycles. The summed E-state index contributed by atoms with van der Waals surface area (Å²) in [5.41, 5.74) is 0.509. The Kier molecular flexibility index (Phi) is 10.1. The second-order valence-corrected chi connectivity index (χ2v) is 12.7. The average Bonchev–Trinajstić information content (AvgIpc) is 2.86. The number of carbonyl (C=O) groups is 3. The van der Waals surface area contributed by atoms with Crippen molar-refractivity contribution in [1.29, 1.82) is 0 Å². The molecule has 0 aliphatic carbocycles. The fourth-order valence-electron chi connectivity index (χ4n) is 5.50. The largest absolute Gasteiger partial charge is 0.476 e. The lowest BCUT2D eigenvalue weighted by molar-refractivity contribution is -0.132. The molecule has 1 atom stereocenters. The topological polar surface area (TPSA) is 91.4 Å². The van der Waals surface area contributed by atoms with Crippen molar-refractivity contribution in [3.05, 3.63) is 23.3 Å². The molecule has 0 radical (unpaired) electrons. The summed E-state index contributed by atoms with van der Waals surface area (Å²) in [6, 6.07) is 3.55. The lowest BCUT2D eigenvalue weighted by Gasteiger charge is -2.42. The van der Waals surface area contributed by atoms with E-state index >= 15 is 0 Å². The van der Waals surface area contributed by atoms with E-state index in [0.717, 1.165) is 31.4 Å². The van der Waals surface area contributed by atoms with Crippen LogP contribution in [0.3, 0.4) is 0 Å². The molecule has 0 aromatic heterocycles. The lowest BCUT2D eigenvalue weighted by Crippen LogP contribution is -2.55. The first-order chi connectivity index (χ1) is 18.7. The molecule has 9 nitrogen and oxygen atoms in total. The fraction of sp³-hybridized carbons (Fsp3) is 0.710. The predicted octanol–water partition coefficient (Wildman–Crippen LogP) is 5.00. The summed E-state index contributed by atoms with van der Waals surface area (Å²) >= 11 is 0. The number of amides is 3. The number of rotatable bonds is 9. The van der Waals surface area contributed by atoms with Crippen LogP contribution in [0.4, 0.5) is 10.5 Å². The summed E-state index contributed by atoms with van der Waals surface area (Å²) < 4.78 is 11.8. The Morgan fingerprint density at radius 2 is 1.90 bits per heavy atom. The highest BCUT2D eigenvalue weighted by Gasteiger charge is 2.42. The first-order valence-electron chi connectivity index (χ1n) is 14.9. The number of anilines is 1. The van der Waals surface area contributed by atoms with Crippen LogP contribution >= 0.6 is 0 Å². The molecule has 1 N–H and O–H groups in total. The summed E-state index contributed by atoms with van der Waals surface area (Å²) in [5, 5.41) is 3.37. The van der Waals surface area contributed by atoms with Gasteiger partial charge in [-0.3, -0.25) is 9.59 Å². The number of ether oxygens (including phenoxy) is 2. The van der Waals surface area contributed by atoms with Gasteiger partial charge in [0.15, 0.2) is 5.60 Å². The molecule has 0 bridgehead atoms. The van der Waals surface area contributed by atoms with E-state index < -0.39 is 11.2 Å². The van der Waals surface area contributed by atoms with Crippen molar-refractivity contribution in [3.63, 3.8) is 0 Å². The van der Waals surface area contributed by atoms with Gasteiger partial charge in [0.2, 0.25) is 0 Å². The highest BCUT2D eigenvalue weighted by Crippen LogP contribution is 2.40. The smallest absolute Gasteiger partial charge is 0.410 e. The minimum Gasteiger partial charge on any atom is -0.476 e. The van der Waals surface area contributed by atoms with Crippen LogP contribution in [0.15, 0.2) is 12.1 Å². The first-order valence-corrected chi connectivity index (χ1v) is 14.9. The molecule has 224 valence electrons. The lowest BCUT2D eigenvalue weighted by atomic mass is 9.96. The molecule has 1 saturated heterocycles. The zero-order valence-electron chi connectivity index (χ0n) is 26.1. The van der Waals surface area contributed by atoms with Crippen molar-refractivity contribution in [2.45, 2.75) is 111 Å². The molecule has 1 aromatic rings. The van der Waals surface area contributed by atoms with Crippen LogP contribution in [-0.2, 0) is 16.0 Å². The van der Waals surface area contributed by atoms with Crippen molar-refractivity contribution in [3.8, 4) is 5.75 Å². The fourth-order valence-corrected chi connectivity index (χ4v) is 5.50. The molecule has 40 heavy (non-hydrogen) atoms. The van der Waals surface area contributed by atoms with Gasteiger partial charge in [-0.2, -0.15) is 0 Å². The third-order valence-electron chi connectivity index (χ3n) is 7.38. The van der Waals surface area contributed by atoms with Crippen molar-refractivity contribution < 1.29 is 23.9 Å². The summed E-state index contributed by atoms with van der Waals surface area (Å²) in [6.07, 6.45) is 2.91. The molecular weight excluding hydrogens is 508 g/mol. The van der Waals surface area contributed by atoms with Gasteiger partial charge in [-0.25, -0.2) is 4.79 Å². The van der Waals surface area contributed by atoms with Gasteiger partial charge in [0, 0.05) is 37.8 Å². The van der Waals surface area contributed by atoms with Crippen LogP contribution in [0.2, 0.25) is 0 Å². The van der Waals surface area contributed by atoms with E-state index in [-0.39, 0.29) is 30.0 Å². The number of aryl methyl sites for hydroxylation is 1. The molecule has 2 aliphatic rings. The van der Waals surface area contributed by atoms with Crippen LogP contribution in [0.25, 0.3) is 0 Å². The molecule has 2 aliphatic heterocycles. The Morgan fingerprint density at radius 1 is 1.20 bits per heavy atom. The summed E-state index contributed by atoms with van der Waals surface area (Å²) in [4.78, 5) is 45.9. The van der Waals surface area contributed by atoms with Crippen LogP contribution < -0.4 is 15.0 Å². The van der Waals surface area contributed by atoms with Gasteiger partial charge in [0.05, 0.1) is 11.7 Å². The number of nitrogens with zero attached hydrogens (tertiary/aromatic N) is 3. The van der Waals surface area contributed by atoms with E-state index in [1.807, 2.05) is 58.6 Å². The zero-order valence-corrected chi connectivity index (χ0v) is 26.1. The third-order valence-corrected chi connectivity index (χ3v) is 7.38. The maximum atomic E-state index is 14.3. The molecule has 0 unspecified atom stereocenters. The Balaban J connectivity index is 1.96. The monoisotopic (exact) mass is 558 g/mol. The Bertz CT molecular complexity index is 1080.